The quantitative estimate of drug-likeness (QED) is 0.137. The van der Waals surface area contributed by atoms with Gasteiger partial charge in [-0.25, -0.2) is 0 Å². The summed E-state index contributed by atoms with van der Waals surface area (Å²) < 4.78 is 35.8. The standard InChI is InChI=1S/C43H39NO6S2/c1-25-20-36-28(13-16-33-31-18-19-41(2,3)23-29(31)24-42(4,5)37(33)36)21-35(25)34-17-12-27-8-6-7-9-32(27)38(34)44-39(46)40(47)51-43(44,52(48,49)50)22-26-10-14-30(45)15-11-26/h6-21,45H,22-24H2,1-5H3,(H,48,49,50). The van der Waals surface area contributed by atoms with Crippen LogP contribution in [0.1, 0.15) is 62.8 Å². The third kappa shape index (κ3) is 5.32. The molecule has 2 aliphatic carbocycles. The fraction of sp³-hybridized carbons (Fsp3) is 0.256. The molecule has 8 rings (SSSR count). The molecule has 9 heteroatoms. The molecule has 7 nitrogen and oxygen atoms in total. The number of carbonyl (C=O) groups excluding carboxylic acids is 2. The molecule has 0 saturated carbocycles. The number of anilines is 1. The van der Waals surface area contributed by atoms with Crippen LogP contribution in [0.25, 0.3) is 38.2 Å². The van der Waals surface area contributed by atoms with Crippen LogP contribution in [0.4, 0.5) is 5.69 Å². The van der Waals surface area contributed by atoms with Crippen molar-refractivity contribution in [2.75, 3.05) is 4.90 Å². The number of aromatic hydroxyl groups is 1. The molecule has 1 heterocycles. The minimum Gasteiger partial charge on any atom is -0.508 e. The number of allylic oxidation sites excluding steroid dienone is 4. The Morgan fingerprint density at radius 2 is 1.50 bits per heavy atom. The van der Waals surface area contributed by atoms with Gasteiger partial charge in [0.05, 0.1) is 5.69 Å². The maximum absolute atomic E-state index is 14.1. The number of nitrogens with zero attached hydrogens (tertiary/aromatic N) is 1. The number of phenols is 1. The molecule has 1 unspecified atom stereocenters. The van der Waals surface area contributed by atoms with Gasteiger partial charge in [-0.2, -0.15) is 8.42 Å². The monoisotopic (exact) mass is 729 g/mol. The summed E-state index contributed by atoms with van der Waals surface area (Å²) in [7, 11) is -5.11. The number of hydrogen-bond acceptors (Lipinski definition) is 6. The number of fused-ring (bicyclic) bond motifs is 5. The van der Waals surface area contributed by atoms with Gasteiger partial charge in [0.25, 0.3) is 5.12 Å². The molecule has 0 aromatic heterocycles. The molecule has 264 valence electrons. The second-order valence-electron chi connectivity index (χ2n) is 15.7. The van der Waals surface area contributed by atoms with Crippen LogP contribution < -0.4 is 4.90 Å². The van der Waals surface area contributed by atoms with Crippen molar-refractivity contribution in [1.82, 2.24) is 0 Å². The van der Waals surface area contributed by atoms with Crippen LogP contribution in [-0.2, 0) is 31.5 Å². The van der Waals surface area contributed by atoms with Gasteiger partial charge < -0.3 is 5.11 Å². The summed E-state index contributed by atoms with van der Waals surface area (Å²) in [6, 6.07) is 25.5. The zero-order valence-electron chi connectivity index (χ0n) is 29.7. The van der Waals surface area contributed by atoms with Crippen molar-refractivity contribution in [3.63, 3.8) is 0 Å². The van der Waals surface area contributed by atoms with Crippen molar-refractivity contribution in [3.8, 4) is 16.9 Å². The van der Waals surface area contributed by atoms with E-state index in [1.165, 1.54) is 46.5 Å². The van der Waals surface area contributed by atoms with E-state index in [0.29, 0.717) is 28.3 Å². The predicted molar refractivity (Wildman–Crippen MR) is 210 cm³/mol. The van der Waals surface area contributed by atoms with Crippen LogP contribution in [0.5, 0.6) is 5.75 Å². The zero-order valence-corrected chi connectivity index (χ0v) is 31.3. The third-order valence-corrected chi connectivity index (χ3v) is 13.9. The van der Waals surface area contributed by atoms with Gasteiger partial charge in [-0.1, -0.05) is 112 Å². The molecule has 0 spiro atoms. The van der Waals surface area contributed by atoms with Gasteiger partial charge in [0, 0.05) is 17.4 Å². The first kappa shape index (κ1) is 34.4. The van der Waals surface area contributed by atoms with Crippen LogP contribution in [0, 0.1) is 12.3 Å². The van der Waals surface area contributed by atoms with E-state index in [4.69, 9.17) is 0 Å². The summed E-state index contributed by atoms with van der Waals surface area (Å²) in [5, 5.41) is 12.3. The molecule has 5 aromatic rings. The van der Waals surface area contributed by atoms with E-state index in [2.05, 4.69) is 64.1 Å². The Morgan fingerprint density at radius 1 is 0.808 bits per heavy atom. The highest BCUT2D eigenvalue weighted by Gasteiger charge is 2.61. The second kappa shape index (κ2) is 11.7. The lowest BCUT2D eigenvalue weighted by molar-refractivity contribution is -0.130. The summed E-state index contributed by atoms with van der Waals surface area (Å²) >= 11 is 0.300. The smallest absolute Gasteiger partial charge is 0.307 e. The number of aryl methyl sites for hydroxylation is 1. The highest BCUT2D eigenvalue weighted by molar-refractivity contribution is 8.25. The van der Waals surface area contributed by atoms with Crippen molar-refractivity contribution in [3.05, 3.63) is 125 Å². The van der Waals surface area contributed by atoms with Crippen molar-refractivity contribution in [2.24, 2.45) is 5.41 Å². The Balaban J connectivity index is 1.37. The third-order valence-electron chi connectivity index (χ3n) is 10.9. The highest BCUT2D eigenvalue weighted by Crippen LogP contribution is 2.54. The summed E-state index contributed by atoms with van der Waals surface area (Å²) in [6.07, 6.45) is 6.17. The first-order valence-electron chi connectivity index (χ1n) is 17.3. The summed E-state index contributed by atoms with van der Waals surface area (Å²) in [6.45, 7) is 11.2. The number of thioether (sulfide) groups is 1. The minimum atomic E-state index is -5.11. The number of amides is 1. The van der Waals surface area contributed by atoms with Gasteiger partial charge in [0.15, 0.2) is 0 Å². The number of rotatable bonds is 5. The largest absolute Gasteiger partial charge is 0.508 e. The van der Waals surface area contributed by atoms with Gasteiger partial charge in [-0.3, -0.25) is 19.0 Å². The fourth-order valence-electron chi connectivity index (χ4n) is 8.63. The molecule has 5 aromatic carbocycles. The Bertz CT molecular complexity index is 2560. The lowest BCUT2D eigenvalue weighted by Crippen LogP contribution is -2.52. The Morgan fingerprint density at radius 3 is 2.23 bits per heavy atom. The molecule has 1 fully saturated rings. The highest BCUT2D eigenvalue weighted by atomic mass is 32.3. The van der Waals surface area contributed by atoms with Crippen LogP contribution in [-0.4, -0.2) is 33.3 Å². The first-order valence-corrected chi connectivity index (χ1v) is 19.6. The van der Waals surface area contributed by atoms with Crippen molar-refractivity contribution >= 4 is 65.7 Å². The maximum atomic E-state index is 14.1. The van der Waals surface area contributed by atoms with Crippen molar-refractivity contribution < 1.29 is 27.7 Å². The van der Waals surface area contributed by atoms with Crippen LogP contribution in [0.15, 0.2) is 103 Å². The van der Waals surface area contributed by atoms with Gasteiger partial charge >= 0.3 is 16.0 Å². The van der Waals surface area contributed by atoms with Crippen molar-refractivity contribution in [2.45, 2.75) is 63.5 Å². The fourth-order valence-corrected chi connectivity index (χ4v) is 11.0. The molecular weight excluding hydrogens is 691 g/mol. The van der Waals surface area contributed by atoms with E-state index in [9.17, 15) is 27.7 Å². The Hall–Kier alpha value is -4.70. The SMILES string of the molecule is Cc1cc2c3c(ccc2cc1-c1ccc2ccccc2c1N1C(=O)C(=O)SC1(Cc1ccc(O)cc1)S(=O)(=O)O)C1=C(CC(C)(C)C=C1)CC3(C)C. The topological polar surface area (TPSA) is 112 Å². The molecule has 1 atom stereocenters. The molecule has 1 aliphatic heterocycles. The molecule has 52 heavy (non-hydrogen) atoms. The van der Waals surface area contributed by atoms with Crippen molar-refractivity contribution in [1.29, 1.82) is 0 Å². The van der Waals surface area contributed by atoms with E-state index in [-0.39, 0.29) is 22.3 Å². The maximum Gasteiger partial charge on any atom is 0.307 e. The van der Waals surface area contributed by atoms with Crippen LogP contribution in [0.3, 0.4) is 0 Å². The summed E-state index contributed by atoms with van der Waals surface area (Å²) in [5.74, 6) is -1.07. The number of phenolic OH excluding ortho intramolecular Hbond substituents is 1. The van der Waals surface area contributed by atoms with Gasteiger partial charge in [-0.05, 0) is 110 Å². The van der Waals surface area contributed by atoms with Gasteiger partial charge in [0.1, 0.15) is 5.75 Å². The Kier molecular flexibility index (Phi) is 7.71. The zero-order chi connectivity index (χ0) is 37.0. The summed E-state index contributed by atoms with van der Waals surface area (Å²) in [5.41, 5.74) is 8.18. The number of benzene rings is 5. The first-order chi connectivity index (χ1) is 24.5. The molecule has 2 N–H and O–H groups in total. The van der Waals surface area contributed by atoms with Gasteiger partial charge in [0.2, 0.25) is 4.20 Å². The lowest BCUT2D eigenvalue weighted by atomic mass is 9.64. The predicted octanol–water partition coefficient (Wildman–Crippen LogP) is 9.49. The van der Waals surface area contributed by atoms with E-state index in [0.717, 1.165) is 45.0 Å². The molecule has 1 saturated heterocycles. The average Bonchev–Trinajstić information content (AvgIpc) is 3.33. The van der Waals surface area contributed by atoms with Crippen LogP contribution >= 0.6 is 11.8 Å². The number of hydrogen-bond donors (Lipinski definition) is 2. The normalized spacial score (nSPS) is 20.8. The Labute approximate surface area is 307 Å². The second-order valence-corrected chi connectivity index (χ2v) is 18.8. The molecule has 3 aliphatic rings. The molecular formula is C43H39NO6S2. The average molecular weight is 730 g/mol. The van der Waals surface area contributed by atoms with E-state index < -0.39 is 31.8 Å². The van der Waals surface area contributed by atoms with E-state index >= 15 is 0 Å². The molecule has 0 bridgehead atoms. The number of carbonyl (C=O) groups is 2. The minimum absolute atomic E-state index is 0.0307. The molecule has 1 amide bonds. The van der Waals surface area contributed by atoms with E-state index in [1.807, 2.05) is 31.2 Å². The summed E-state index contributed by atoms with van der Waals surface area (Å²) in [4.78, 5) is 28.4. The van der Waals surface area contributed by atoms with E-state index in [1.54, 1.807) is 12.1 Å². The lowest BCUT2D eigenvalue weighted by Gasteiger charge is -2.40. The molecule has 0 radical (unpaired) electrons. The van der Waals surface area contributed by atoms with Gasteiger partial charge in [-0.15, -0.1) is 0 Å². The van der Waals surface area contributed by atoms with Crippen LogP contribution in [0.2, 0.25) is 0 Å².